The number of ether oxygens (including phenoxy) is 3. The lowest BCUT2D eigenvalue weighted by atomic mass is 10.2. The Labute approximate surface area is 114 Å². The van der Waals surface area contributed by atoms with Gasteiger partial charge in [0.05, 0.1) is 20.8 Å². The van der Waals surface area contributed by atoms with Crippen molar-refractivity contribution in [3.63, 3.8) is 0 Å². The Bertz CT molecular complexity index is 471. The fourth-order valence-corrected chi connectivity index (χ4v) is 1.40. The summed E-state index contributed by atoms with van der Waals surface area (Å²) < 4.78 is 14.6. The molecule has 9 nitrogen and oxygen atoms in total. The van der Waals surface area contributed by atoms with Crippen LogP contribution in [-0.4, -0.2) is 60.9 Å². The summed E-state index contributed by atoms with van der Waals surface area (Å²) in [5.74, 6) is -1.75. The van der Waals surface area contributed by atoms with Crippen LogP contribution in [-0.2, 0) is 9.53 Å². The third-order valence-corrected chi connectivity index (χ3v) is 2.40. The molecule has 0 saturated heterocycles. The van der Waals surface area contributed by atoms with Crippen molar-refractivity contribution in [1.82, 2.24) is 15.3 Å². The number of aromatic nitrogens is 2. The number of nitrogens with one attached hydrogen (secondary N) is 1. The number of aliphatic carboxylic acids is 1. The Morgan fingerprint density at radius 2 is 1.80 bits per heavy atom. The van der Waals surface area contributed by atoms with E-state index in [-0.39, 0.29) is 23.9 Å². The van der Waals surface area contributed by atoms with Gasteiger partial charge in [-0.3, -0.25) is 4.79 Å². The van der Waals surface area contributed by atoms with Crippen molar-refractivity contribution in [2.45, 2.75) is 6.10 Å². The molecule has 20 heavy (non-hydrogen) atoms. The predicted octanol–water partition coefficient (Wildman–Crippen LogP) is -0.677. The number of methoxy groups -OCH3 is 3. The quantitative estimate of drug-likeness (QED) is 0.676. The first-order valence-corrected chi connectivity index (χ1v) is 5.51. The maximum Gasteiger partial charge on any atom is 0.334 e. The van der Waals surface area contributed by atoms with Gasteiger partial charge in [-0.2, -0.15) is 0 Å². The zero-order chi connectivity index (χ0) is 15.1. The average molecular weight is 285 g/mol. The molecule has 2 N–H and O–H groups in total. The second-order valence-electron chi connectivity index (χ2n) is 3.54. The summed E-state index contributed by atoms with van der Waals surface area (Å²) in [5.41, 5.74) is -0.0160. The van der Waals surface area contributed by atoms with E-state index < -0.39 is 18.0 Å². The van der Waals surface area contributed by atoms with E-state index in [1.807, 2.05) is 0 Å². The highest BCUT2D eigenvalue weighted by Crippen LogP contribution is 2.22. The molecular weight excluding hydrogens is 270 g/mol. The molecule has 0 spiro atoms. The first-order valence-electron chi connectivity index (χ1n) is 5.51. The number of carbonyl (C=O) groups excluding carboxylic acids is 1. The van der Waals surface area contributed by atoms with E-state index in [4.69, 9.17) is 19.3 Å². The van der Waals surface area contributed by atoms with E-state index in [1.54, 1.807) is 0 Å². The first-order chi connectivity index (χ1) is 9.54. The predicted molar refractivity (Wildman–Crippen MR) is 65.9 cm³/mol. The van der Waals surface area contributed by atoms with Crippen LogP contribution in [0.1, 0.15) is 10.4 Å². The molecule has 0 fully saturated rings. The summed E-state index contributed by atoms with van der Waals surface area (Å²) in [7, 11) is 3.92. The Hall–Kier alpha value is -2.42. The van der Waals surface area contributed by atoms with Crippen LogP contribution in [0.2, 0.25) is 0 Å². The molecule has 1 aromatic rings. The fraction of sp³-hybridized carbons (Fsp3) is 0.455. The van der Waals surface area contributed by atoms with Gasteiger partial charge in [0.1, 0.15) is 6.33 Å². The van der Waals surface area contributed by atoms with Crippen molar-refractivity contribution in [3.05, 3.63) is 11.9 Å². The van der Waals surface area contributed by atoms with Crippen molar-refractivity contribution in [2.75, 3.05) is 27.9 Å². The van der Waals surface area contributed by atoms with Gasteiger partial charge in [-0.15, -0.1) is 0 Å². The van der Waals surface area contributed by atoms with Gasteiger partial charge in [-0.25, -0.2) is 14.8 Å². The van der Waals surface area contributed by atoms with Crippen LogP contribution in [0, 0.1) is 0 Å². The molecule has 9 heteroatoms. The normalized spacial score (nSPS) is 11.6. The Morgan fingerprint density at radius 3 is 2.20 bits per heavy atom. The van der Waals surface area contributed by atoms with E-state index in [1.165, 1.54) is 27.7 Å². The van der Waals surface area contributed by atoms with Crippen LogP contribution in [0.3, 0.4) is 0 Å². The van der Waals surface area contributed by atoms with E-state index in [9.17, 15) is 9.59 Å². The lowest BCUT2D eigenvalue weighted by Crippen LogP contribution is -2.38. The Balaban J connectivity index is 2.89. The van der Waals surface area contributed by atoms with Crippen LogP contribution in [0.25, 0.3) is 0 Å². The summed E-state index contributed by atoms with van der Waals surface area (Å²) in [4.78, 5) is 30.4. The Kier molecular flexibility index (Phi) is 5.66. The standard InChI is InChI=1S/C11H15N3O6/c1-18-6(11(16)17)4-12-8(15)7-9(19-2)13-5-14-10(7)20-3/h5-6H,4H2,1-3H3,(H,12,15)(H,16,17). The van der Waals surface area contributed by atoms with Gasteiger partial charge in [-0.1, -0.05) is 0 Å². The SMILES string of the molecule is COc1ncnc(OC)c1C(=O)NCC(OC)C(=O)O. The molecule has 0 saturated carbocycles. The first kappa shape index (κ1) is 15.6. The molecule has 1 atom stereocenters. The van der Waals surface area contributed by atoms with Crippen molar-refractivity contribution >= 4 is 11.9 Å². The smallest absolute Gasteiger partial charge is 0.334 e. The second-order valence-corrected chi connectivity index (χ2v) is 3.54. The summed E-state index contributed by atoms with van der Waals surface area (Å²) >= 11 is 0. The average Bonchev–Trinajstić information content (AvgIpc) is 2.46. The van der Waals surface area contributed by atoms with Gasteiger partial charge in [0.2, 0.25) is 11.8 Å². The number of carboxylic acid groups (broad SMARTS) is 1. The molecule has 1 unspecified atom stereocenters. The van der Waals surface area contributed by atoms with Crippen LogP contribution >= 0.6 is 0 Å². The third-order valence-electron chi connectivity index (χ3n) is 2.40. The molecule has 1 amide bonds. The topological polar surface area (TPSA) is 120 Å². The highest BCUT2D eigenvalue weighted by atomic mass is 16.5. The highest BCUT2D eigenvalue weighted by molar-refractivity contribution is 5.98. The molecule has 0 aliphatic carbocycles. The monoisotopic (exact) mass is 285 g/mol. The molecule has 0 aliphatic heterocycles. The summed E-state index contributed by atoms with van der Waals surface area (Å²) in [6, 6.07) is 0. The highest BCUT2D eigenvalue weighted by Gasteiger charge is 2.23. The summed E-state index contributed by atoms with van der Waals surface area (Å²) in [6.07, 6.45) is 0.0319. The minimum Gasteiger partial charge on any atom is -0.480 e. The van der Waals surface area contributed by atoms with E-state index in [0.29, 0.717) is 0 Å². The van der Waals surface area contributed by atoms with E-state index >= 15 is 0 Å². The second kappa shape index (κ2) is 7.24. The van der Waals surface area contributed by atoms with Gasteiger partial charge in [0.25, 0.3) is 5.91 Å². The minimum absolute atomic E-state index is 0.0160. The summed E-state index contributed by atoms with van der Waals surface area (Å²) in [6.45, 7) is -0.216. The van der Waals surface area contributed by atoms with Crippen molar-refractivity contribution in [1.29, 1.82) is 0 Å². The zero-order valence-electron chi connectivity index (χ0n) is 11.2. The van der Waals surface area contributed by atoms with E-state index in [0.717, 1.165) is 0 Å². The van der Waals surface area contributed by atoms with E-state index in [2.05, 4.69) is 15.3 Å². The summed E-state index contributed by atoms with van der Waals surface area (Å²) in [5, 5.41) is 11.2. The van der Waals surface area contributed by atoms with Crippen LogP contribution < -0.4 is 14.8 Å². The number of hydrogen-bond donors (Lipinski definition) is 2. The molecule has 0 aliphatic rings. The Morgan fingerprint density at radius 1 is 1.25 bits per heavy atom. The number of carboxylic acids is 1. The van der Waals surface area contributed by atoms with Crippen molar-refractivity contribution in [2.24, 2.45) is 0 Å². The molecule has 1 aromatic heterocycles. The van der Waals surface area contributed by atoms with Gasteiger partial charge >= 0.3 is 5.97 Å². The molecule has 0 aromatic carbocycles. The number of nitrogens with zero attached hydrogens (tertiary/aromatic N) is 2. The number of carbonyl (C=O) groups is 2. The number of amides is 1. The zero-order valence-corrected chi connectivity index (χ0v) is 11.2. The van der Waals surface area contributed by atoms with Crippen molar-refractivity contribution < 1.29 is 28.9 Å². The fourth-order valence-electron chi connectivity index (χ4n) is 1.40. The largest absolute Gasteiger partial charge is 0.480 e. The number of hydrogen-bond acceptors (Lipinski definition) is 7. The third kappa shape index (κ3) is 3.54. The maximum atomic E-state index is 12.0. The molecule has 1 rings (SSSR count). The molecule has 0 bridgehead atoms. The number of rotatable bonds is 7. The van der Waals surface area contributed by atoms with Gasteiger partial charge < -0.3 is 24.6 Å². The molecule has 0 radical (unpaired) electrons. The van der Waals surface area contributed by atoms with Crippen LogP contribution in [0.4, 0.5) is 0 Å². The lowest BCUT2D eigenvalue weighted by Gasteiger charge is -2.13. The molecular formula is C11H15N3O6. The van der Waals surface area contributed by atoms with Crippen LogP contribution in [0.15, 0.2) is 6.33 Å². The van der Waals surface area contributed by atoms with Gasteiger partial charge in [0.15, 0.2) is 11.7 Å². The minimum atomic E-state index is -1.18. The lowest BCUT2D eigenvalue weighted by molar-refractivity contribution is -0.148. The molecule has 1 heterocycles. The van der Waals surface area contributed by atoms with Gasteiger partial charge in [0, 0.05) is 7.11 Å². The maximum absolute atomic E-state index is 12.0. The van der Waals surface area contributed by atoms with Gasteiger partial charge in [-0.05, 0) is 0 Å². The molecule has 110 valence electrons. The van der Waals surface area contributed by atoms with Crippen molar-refractivity contribution in [3.8, 4) is 11.8 Å². The van der Waals surface area contributed by atoms with Crippen LogP contribution in [0.5, 0.6) is 11.8 Å².